The van der Waals surface area contributed by atoms with Gasteiger partial charge in [-0.3, -0.25) is 0 Å². The van der Waals surface area contributed by atoms with E-state index in [1.807, 2.05) is 12.1 Å². The van der Waals surface area contributed by atoms with Gasteiger partial charge in [0.05, 0.1) is 10.0 Å². The topological polar surface area (TPSA) is 0 Å². The fourth-order valence-electron chi connectivity index (χ4n) is 2.01. The van der Waals surface area contributed by atoms with Crippen molar-refractivity contribution in [2.24, 2.45) is 0 Å². The summed E-state index contributed by atoms with van der Waals surface area (Å²) in [5, 5.41) is 1.38. The zero-order valence-corrected chi connectivity index (χ0v) is 12.1. The molecule has 1 rings (SSSR count). The quantitative estimate of drug-likeness (QED) is 0.538. The lowest BCUT2D eigenvalue weighted by Crippen LogP contribution is -1.98. The standard InChI is InChI=1S/C15H20Cl2/c1-3-5-6-9-12(8-4-2)13-10-7-11-14(16)15(13)17/h5-7,10-12H,3-4,8-9H2,1-2H3/b6-5-. The van der Waals surface area contributed by atoms with Crippen LogP contribution >= 0.6 is 23.2 Å². The van der Waals surface area contributed by atoms with Crippen LogP contribution in [0.5, 0.6) is 0 Å². The Bertz CT molecular complexity index is 369. The predicted octanol–water partition coefficient (Wildman–Crippen LogP) is 6.23. The summed E-state index contributed by atoms with van der Waals surface area (Å²) in [7, 11) is 0. The van der Waals surface area contributed by atoms with Gasteiger partial charge in [0.1, 0.15) is 0 Å². The van der Waals surface area contributed by atoms with Crippen LogP contribution in [0.4, 0.5) is 0 Å². The lowest BCUT2D eigenvalue weighted by atomic mass is 9.91. The molecule has 17 heavy (non-hydrogen) atoms. The first-order valence-corrected chi connectivity index (χ1v) is 7.05. The largest absolute Gasteiger partial charge is 0.0888 e. The first-order valence-electron chi connectivity index (χ1n) is 6.29. The predicted molar refractivity (Wildman–Crippen MR) is 78.2 cm³/mol. The summed E-state index contributed by atoms with van der Waals surface area (Å²) < 4.78 is 0. The Hall–Kier alpha value is -0.460. The van der Waals surface area contributed by atoms with E-state index in [9.17, 15) is 0 Å². The van der Waals surface area contributed by atoms with Crippen molar-refractivity contribution in [2.75, 3.05) is 0 Å². The second-order valence-electron chi connectivity index (χ2n) is 4.24. The van der Waals surface area contributed by atoms with E-state index in [-0.39, 0.29) is 0 Å². The van der Waals surface area contributed by atoms with Crippen LogP contribution < -0.4 is 0 Å². The Kier molecular flexibility index (Phi) is 6.69. The van der Waals surface area contributed by atoms with Gasteiger partial charge < -0.3 is 0 Å². The molecule has 2 heteroatoms. The van der Waals surface area contributed by atoms with Crippen LogP contribution in [0.2, 0.25) is 10.0 Å². The van der Waals surface area contributed by atoms with Crippen LogP contribution in [0.3, 0.4) is 0 Å². The molecule has 0 N–H and O–H groups in total. The Morgan fingerprint density at radius 1 is 1.18 bits per heavy atom. The molecule has 0 fully saturated rings. The highest BCUT2D eigenvalue weighted by Crippen LogP contribution is 2.35. The molecule has 0 amide bonds. The maximum Gasteiger partial charge on any atom is 0.0627 e. The number of hydrogen-bond acceptors (Lipinski definition) is 0. The van der Waals surface area contributed by atoms with E-state index in [0.29, 0.717) is 10.9 Å². The summed E-state index contributed by atoms with van der Waals surface area (Å²) in [6.45, 7) is 4.35. The highest BCUT2D eigenvalue weighted by molar-refractivity contribution is 6.42. The van der Waals surface area contributed by atoms with Crippen molar-refractivity contribution in [3.8, 4) is 0 Å². The van der Waals surface area contributed by atoms with Crippen molar-refractivity contribution >= 4 is 23.2 Å². The van der Waals surface area contributed by atoms with Crippen molar-refractivity contribution < 1.29 is 0 Å². The van der Waals surface area contributed by atoms with Gasteiger partial charge in [0.25, 0.3) is 0 Å². The van der Waals surface area contributed by atoms with E-state index in [0.717, 1.165) is 30.7 Å². The molecule has 0 aliphatic heterocycles. The molecule has 0 saturated heterocycles. The summed E-state index contributed by atoms with van der Waals surface area (Å²) in [5.41, 5.74) is 1.18. The molecule has 1 atom stereocenters. The van der Waals surface area contributed by atoms with Crippen LogP contribution in [0.1, 0.15) is 51.0 Å². The Balaban J connectivity index is 2.88. The molecule has 94 valence electrons. The molecule has 0 heterocycles. The van der Waals surface area contributed by atoms with Crippen molar-refractivity contribution in [1.29, 1.82) is 0 Å². The van der Waals surface area contributed by atoms with E-state index in [4.69, 9.17) is 23.2 Å². The van der Waals surface area contributed by atoms with Gasteiger partial charge in [0.2, 0.25) is 0 Å². The number of rotatable bonds is 6. The first-order chi connectivity index (χ1) is 8.20. The minimum absolute atomic E-state index is 0.481. The van der Waals surface area contributed by atoms with Crippen LogP contribution in [-0.2, 0) is 0 Å². The van der Waals surface area contributed by atoms with Gasteiger partial charge in [-0.2, -0.15) is 0 Å². The Labute approximate surface area is 115 Å². The number of halogens is 2. The highest BCUT2D eigenvalue weighted by Gasteiger charge is 2.14. The van der Waals surface area contributed by atoms with Gasteiger partial charge in [-0.15, -0.1) is 0 Å². The van der Waals surface area contributed by atoms with E-state index in [1.54, 1.807) is 0 Å². The molecule has 0 radical (unpaired) electrons. The van der Waals surface area contributed by atoms with Gasteiger partial charge >= 0.3 is 0 Å². The number of benzene rings is 1. The van der Waals surface area contributed by atoms with E-state index in [1.165, 1.54) is 5.56 Å². The van der Waals surface area contributed by atoms with Crippen molar-refractivity contribution in [2.45, 2.75) is 45.4 Å². The van der Waals surface area contributed by atoms with Crippen LogP contribution in [0.25, 0.3) is 0 Å². The van der Waals surface area contributed by atoms with Crippen molar-refractivity contribution in [1.82, 2.24) is 0 Å². The minimum Gasteiger partial charge on any atom is -0.0888 e. The fraction of sp³-hybridized carbons (Fsp3) is 0.467. The van der Waals surface area contributed by atoms with Crippen molar-refractivity contribution in [3.63, 3.8) is 0 Å². The summed E-state index contributed by atoms with van der Waals surface area (Å²) in [6.07, 6.45) is 8.89. The zero-order chi connectivity index (χ0) is 12.7. The molecule has 1 aromatic rings. The van der Waals surface area contributed by atoms with Gasteiger partial charge in [0.15, 0.2) is 0 Å². The van der Waals surface area contributed by atoms with Crippen LogP contribution in [-0.4, -0.2) is 0 Å². The second-order valence-corrected chi connectivity index (χ2v) is 5.03. The molecule has 0 aliphatic rings. The SMILES string of the molecule is CC/C=C\CC(CCC)c1cccc(Cl)c1Cl. The van der Waals surface area contributed by atoms with Gasteiger partial charge in [0, 0.05) is 0 Å². The summed E-state index contributed by atoms with van der Waals surface area (Å²) in [4.78, 5) is 0. The van der Waals surface area contributed by atoms with Crippen LogP contribution in [0.15, 0.2) is 30.4 Å². The third kappa shape index (κ3) is 4.37. The lowest BCUT2D eigenvalue weighted by molar-refractivity contribution is 0.620. The summed E-state index contributed by atoms with van der Waals surface area (Å²) in [6, 6.07) is 5.92. The monoisotopic (exact) mass is 270 g/mol. The van der Waals surface area contributed by atoms with E-state index in [2.05, 4.69) is 32.1 Å². The molecule has 0 aliphatic carbocycles. The van der Waals surface area contributed by atoms with E-state index < -0.39 is 0 Å². The van der Waals surface area contributed by atoms with Crippen LogP contribution in [0, 0.1) is 0 Å². The van der Waals surface area contributed by atoms with E-state index >= 15 is 0 Å². The van der Waals surface area contributed by atoms with Gasteiger partial charge in [-0.1, -0.05) is 67.8 Å². The molecule has 1 aromatic carbocycles. The Morgan fingerprint density at radius 2 is 1.94 bits per heavy atom. The first kappa shape index (κ1) is 14.6. The molecule has 0 aromatic heterocycles. The molecule has 0 spiro atoms. The second kappa shape index (κ2) is 7.79. The number of hydrogen-bond donors (Lipinski definition) is 0. The fourth-order valence-corrected chi connectivity index (χ4v) is 2.47. The highest BCUT2D eigenvalue weighted by atomic mass is 35.5. The maximum absolute atomic E-state index is 6.28. The van der Waals surface area contributed by atoms with Crippen molar-refractivity contribution in [3.05, 3.63) is 46.0 Å². The summed E-state index contributed by atoms with van der Waals surface area (Å²) >= 11 is 12.3. The lowest BCUT2D eigenvalue weighted by Gasteiger charge is -2.17. The Morgan fingerprint density at radius 3 is 2.59 bits per heavy atom. The van der Waals surface area contributed by atoms with Gasteiger partial charge in [-0.05, 0) is 36.8 Å². The normalized spacial score (nSPS) is 13.2. The van der Waals surface area contributed by atoms with Gasteiger partial charge in [-0.25, -0.2) is 0 Å². The third-order valence-electron chi connectivity index (χ3n) is 2.88. The number of allylic oxidation sites excluding steroid dienone is 2. The molecule has 1 unspecified atom stereocenters. The molecular weight excluding hydrogens is 251 g/mol. The average molecular weight is 271 g/mol. The minimum atomic E-state index is 0.481. The molecular formula is C15H20Cl2. The maximum atomic E-state index is 6.28. The average Bonchev–Trinajstić information content (AvgIpc) is 2.32. The zero-order valence-electron chi connectivity index (χ0n) is 10.5. The molecule has 0 bridgehead atoms. The summed E-state index contributed by atoms with van der Waals surface area (Å²) in [5.74, 6) is 0.481. The third-order valence-corrected chi connectivity index (χ3v) is 3.71. The molecule has 0 nitrogen and oxygen atoms in total. The molecule has 0 saturated carbocycles. The smallest absolute Gasteiger partial charge is 0.0627 e.